The van der Waals surface area contributed by atoms with Crippen molar-refractivity contribution in [3.63, 3.8) is 0 Å². The molecule has 0 amide bonds. The van der Waals surface area contributed by atoms with Crippen LogP contribution >= 0.6 is 0 Å². The molecule has 3 heterocycles. The Kier molecular flexibility index (Phi) is 4.35. The molecule has 0 saturated heterocycles. The topological polar surface area (TPSA) is 89.4 Å². The Labute approximate surface area is 157 Å². The van der Waals surface area contributed by atoms with Gasteiger partial charge in [-0.3, -0.25) is 14.4 Å². The van der Waals surface area contributed by atoms with E-state index in [1.807, 2.05) is 49.3 Å². The van der Waals surface area contributed by atoms with Crippen molar-refractivity contribution in [2.45, 2.75) is 32.9 Å². The molecule has 7 nitrogen and oxygen atoms in total. The van der Waals surface area contributed by atoms with E-state index in [-0.39, 0.29) is 17.4 Å². The van der Waals surface area contributed by atoms with Crippen LogP contribution in [0.15, 0.2) is 46.3 Å². The van der Waals surface area contributed by atoms with E-state index in [1.165, 1.54) is 5.56 Å². The maximum Gasteiger partial charge on any atom is 0.256 e. The summed E-state index contributed by atoms with van der Waals surface area (Å²) in [5.74, 6) is 0.131. The predicted octanol–water partition coefficient (Wildman–Crippen LogP) is 2.29. The van der Waals surface area contributed by atoms with E-state index >= 15 is 0 Å². The van der Waals surface area contributed by atoms with E-state index in [2.05, 4.69) is 27.2 Å². The van der Waals surface area contributed by atoms with Crippen molar-refractivity contribution in [3.8, 4) is 0 Å². The molecule has 27 heavy (non-hydrogen) atoms. The number of aryl methyl sites for hydroxylation is 2. The Morgan fingerprint density at radius 2 is 2.00 bits per heavy atom. The summed E-state index contributed by atoms with van der Waals surface area (Å²) in [6, 6.07) is 12.1. The minimum Gasteiger partial charge on any atom is -0.368 e. The van der Waals surface area contributed by atoms with E-state index in [0.29, 0.717) is 18.7 Å². The Bertz CT molecular complexity index is 1070. The molecule has 2 N–H and O–H groups in total. The zero-order valence-electron chi connectivity index (χ0n) is 15.5. The summed E-state index contributed by atoms with van der Waals surface area (Å²) in [6.45, 7) is 5.74. The van der Waals surface area contributed by atoms with Crippen LogP contribution in [0.1, 0.15) is 29.7 Å². The summed E-state index contributed by atoms with van der Waals surface area (Å²) in [6.07, 6.45) is 1.86. The molecule has 0 spiro atoms. The van der Waals surface area contributed by atoms with Gasteiger partial charge in [-0.05, 0) is 25.5 Å². The molecule has 0 aliphatic carbocycles. The van der Waals surface area contributed by atoms with E-state index in [1.54, 1.807) is 4.57 Å². The first-order valence-corrected chi connectivity index (χ1v) is 9.07. The van der Waals surface area contributed by atoms with Crippen molar-refractivity contribution < 1.29 is 0 Å². The molecule has 1 aliphatic rings. The first-order valence-electron chi connectivity index (χ1n) is 9.07. The number of rotatable bonds is 4. The minimum atomic E-state index is -0.0552. The van der Waals surface area contributed by atoms with Gasteiger partial charge in [0.25, 0.3) is 5.56 Å². The Morgan fingerprint density at radius 1 is 1.22 bits per heavy atom. The average molecular weight is 362 g/mol. The number of anilines is 1. The number of aromatic nitrogens is 3. The second-order valence-corrected chi connectivity index (χ2v) is 6.76. The third kappa shape index (κ3) is 3.16. The third-order valence-corrected chi connectivity index (χ3v) is 4.92. The highest BCUT2D eigenvalue weighted by Crippen LogP contribution is 2.24. The van der Waals surface area contributed by atoms with Crippen molar-refractivity contribution in [2.75, 3.05) is 12.3 Å². The Morgan fingerprint density at radius 3 is 2.74 bits per heavy atom. The lowest BCUT2D eigenvalue weighted by Crippen LogP contribution is -2.28. The maximum atomic E-state index is 13.1. The second-order valence-electron chi connectivity index (χ2n) is 6.76. The molecule has 3 aromatic rings. The highest BCUT2D eigenvalue weighted by atomic mass is 16.1. The van der Waals surface area contributed by atoms with Gasteiger partial charge in [-0.1, -0.05) is 30.3 Å². The molecule has 0 bridgehead atoms. The molecule has 2 aromatic heterocycles. The molecule has 4 rings (SSSR count). The Hall–Kier alpha value is -3.22. The summed E-state index contributed by atoms with van der Waals surface area (Å²) in [5.41, 5.74) is 9.02. The third-order valence-electron chi connectivity index (χ3n) is 4.92. The average Bonchev–Trinajstić information content (AvgIpc) is 3.10. The van der Waals surface area contributed by atoms with E-state index in [0.717, 1.165) is 23.2 Å². The van der Waals surface area contributed by atoms with Crippen molar-refractivity contribution in [1.29, 1.82) is 0 Å². The minimum absolute atomic E-state index is 0.0412. The molecule has 1 aromatic carbocycles. The summed E-state index contributed by atoms with van der Waals surface area (Å²) in [5, 5.41) is 7.36. The molecule has 7 heteroatoms. The van der Waals surface area contributed by atoms with Gasteiger partial charge in [0.2, 0.25) is 5.95 Å². The van der Waals surface area contributed by atoms with Crippen molar-refractivity contribution in [2.24, 2.45) is 5.10 Å². The molecule has 0 radical (unpaired) electrons. The first-order chi connectivity index (χ1) is 13.1. The van der Waals surface area contributed by atoms with Crippen molar-refractivity contribution >= 4 is 23.2 Å². The highest BCUT2D eigenvalue weighted by molar-refractivity contribution is 5.81. The standard InChI is InChI=1S/C20H22N6O/c1-3-26-18-16(13(2)23-20(21)24-18)9-17(19(26)27)15-10-22-25(12-15)11-14-7-5-4-6-8-14/h4-10,15H,3,11-12H2,1-2H3,(H2,21,23,24). The van der Waals surface area contributed by atoms with Gasteiger partial charge in [0.15, 0.2) is 0 Å². The van der Waals surface area contributed by atoms with Crippen LogP contribution in [-0.4, -0.2) is 32.3 Å². The van der Waals surface area contributed by atoms with Gasteiger partial charge in [-0.15, -0.1) is 0 Å². The van der Waals surface area contributed by atoms with Crippen LogP contribution < -0.4 is 11.3 Å². The number of nitrogens with two attached hydrogens (primary N) is 1. The number of fused-ring (bicyclic) bond motifs is 1. The van der Waals surface area contributed by atoms with Gasteiger partial charge in [0.05, 0.1) is 12.2 Å². The number of hydrazone groups is 1. The van der Waals surface area contributed by atoms with Crippen LogP contribution in [0.25, 0.3) is 11.0 Å². The number of nitrogen functional groups attached to an aromatic ring is 1. The quantitative estimate of drug-likeness (QED) is 0.769. The molecule has 1 unspecified atom stereocenters. The molecular formula is C20H22N6O. The van der Waals surface area contributed by atoms with Gasteiger partial charge >= 0.3 is 0 Å². The SMILES string of the molecule is CCn1c(=O)c(C2C=NN(Cc3ccccc3)C2)cc2c(C)nc(N)nc21. The van der Waals surface area contributed by atoms with Crippen molar-refractivity contribution in [1.82, 2.24) is 19.5 Å². The van der Waals surface area contributed by atoms with Gasteiger partial charge < -0.3 is 5.73 Å². The monoisotopic (exact) mass is 362 g/mol. The van der Waals surface area contributed by atoms with Crippen LogP contribution in [0.2, 0.25) is 0 Å². The van der Waals surface area contributed by atoms with Crippen LogP contribution in [0, 0.1) is 6.92 Å². The molecule has 138 valence electrons. The maximum absolute atomic E-state index is 13.1. The summed E-state index contributed by atoms with van der Waals surface area (Å²) < 4.78 is 1.67. The zero-order valence-corrected chi connectivity index (χ0v) is 15.5. The summed E-state index contributed by atoms with van der Waals surface area (Å²) >= 11 is 0. The molecular weight excluding hydrogens is 340 g/mol. The van der Waals surface area contributed by atoms with E-state index in [9.17, 15) is 4.79 Å². The molecule has 1 atom stereocenters. The normalized spacial score (nSPS) is 16.4. The fourth-order valence-electron chi connectivity index (χ4n) is 3.56. The largest absolute Gasteiger partial charge is 0.368 e. The predicted molar refractivity (Wildman–Crippen MR) is 107 cm³/mol. The van der Waals surface area contributed by atoms with E-state index < -0.39 is 0 Å². The molecule has 0 fully saturated rings. The van der Waals surface area contributed by atoms with Gasteiger partial charge in [0, 0.05) is 36.2 Å². The first kappa shape index (κ1) is 17.2. The number of pyridine rings is 1. The zero-order chi connectivity index (χ0) is 19.0. The van der Waals surface area contributed by atoms with Crippen LogP contribution in [0.5, 0.6) is 0 Å². The van der Waals surface area contributed by atoms with Gasteiger partial charge in [-0.25, -0.2) is 4.98 Å². The number of nitrogens with zero attached hydrogens (tertiary/aromatic N) is 5. The van der Waals surface area contributed by atoms with Gasteiger partial charge in [0.1, 0.15) is 5.65 Å². The smallest absolute Gasteiger partial charge is 0.256 e. The molecule has 1 aliphatic heterocycles. The number of hydrogen-bond acceptors (Lipinski definition) is 6. The lowest BCUT2D eigenvalue weighted by atomic mass is 10.0. The van der Waals surface area contributed by atoms with Crippen LogP contribution in [0.3, 0.4) is 0 Å². The van der Waals surface area contributed by atoms with E-state index in [4.69, 9.17) is 5.73 Å². The van der Waals surface area contributed by atoms with Crippen molar-refractivity contribution in [3.05, 3.63) is 63.6 Å². The highest BCUT2D eigenvalue weighted by Gasteiger charge is 2.24. The lowest BCUT2D eigenvalue weighted by Gasteiger charge is -2.17. The number of benzene rings is 1. The number of hydrogen-bond donors (Lipinski definition) is 1. The fourth-order valence-corrected chi connectivity index (χ4v) is 3.56. The second kappa shape index (κ2) is 6.83. The lowest BCUT2D eigenvalue weighted by molar-refractivity contribution is 0.301. The summed E-state index contributed by atoms with van der Waals surface area (Å²) in [4.78, 5) is 21.6. The van der Waals surface area contributed by atoms with Crippen LogP contribution in [-0.2, 0) is 13.1 Å². The molecule has 0 saturated carbocycles. The van der Waals surface area contributed by atoms with Crippen LogP contribution in [0.4, 0.5) is 5.95 Å². The summed E-state index contributed by atoms with van der Waals surface area (Å²) in [7, 11) is 0. The fraction of sp³-hybridized carbons (Fsp3) is 0.300. The van der Waals surface area contributed by atoms with Gasteiger partial charge in [-0.2, -0.15) is 10.1 Å². The Balaban J connectivity index is 1.69.